The Hall–Kier alpha value is -2.25. The lowest BCUT2D eigenvalue weighted by atomic mass is 10.1. The van der Waals surface area contributed by atoms with Crippen LogP contribution in [0.1, 0.15) is 15.9 Å². The summed E-state index contributed by atoms with van der Waals surface area (Å²) in [4.78, 5) is 23.6. The highest BCUT2D eigenvalue weighted by molar-refractivity contribution is 6.35. The molecule has 2 aromatic carbocycles. The first kappa shape index (κ1) is 19.1. The number of hydrogen-bond acceptors (Lipinski definition) is 3. The molecule has 0 aliphatic heterocycles. The molecule has 0 unspecified atom stereocenters. The molecule has 2 aromatic rings. The molecule has 0 bridgehead atoms. The van der Waals surface area contributed by atoms with Crippen LogP contribution in [0.25, 0.3) is 0 Å². The Morgan fingerprint density at radius 1 is 1.08 bits per heavy atom. The normalized spacial score (nSPS) is 11.1. The van der Waals surface area contributed by atoms with Crippen LogP contribution in [0.3, 0.4) is 0 Å². The second-order valence-electron chi connectivity index (χ2n) is 4.79. The van der Waals surface area contributed by atoms with Crippen molar-refractivity contribution in [3.8, 4) is 0 Å². The van der Waals surface area contributed by atoms with Gasteiger partial charge >= 0.3 is 12.1 Å². The van der Waals surface area contributed by atoms with E-state index in [1.807, 2.05) is 0 Å². The van der Waals surface area contributed by atoms with E-state index in [-0.39, 0.29) is 10.7 Å². The van der Waals surface area contributed by atoms with E-state index in [4.69, 9.17) is 23.2 Å². The maximum Gasteiger partial charge on any atom is 0.417 e. The first-order valence-electron chi connectivity index (χ1n) is 6.76. The zero-order chi connectivity index (χ0) is 18.6. The van der Waals surface area contributed by atoms with E-state index in [0.29, 0.717) is 5.02 Å². The van der Waals surface area contributed by atoms with Crippen molar-refractivity contribution in [2.24, 2.45) is 0 Å². The molecule has 0 radical (unpaired) electrons. The fourth-order valence-electron chi connectivity index (χ4n) is 1.90. The van der Waals surface area contributed by atoms with Gasteiger partial charge in [0.2, 0.25) is 0 Å². The Morgan fingerprint density at radius 2 is 1.76 bits per heavy atom. The third-order valence-electron chi connectivity index (χ3n) is 2.99. The highest BCUT2D eigenvalue weighted by Crippen LogP contribution is 2.32. The Kier molecular flexibility index (Phi) is 5.92. The molecule has 0 aromatic heterocycles. The van der Waals surface area contributed by atoms with Crippen molar-refractivity contribution in [3.63, 3.8) is 0 Å². The van der Waals surface area contributed by atoms with Crippen LogP contribution in [0, 0.1) is 0 Å². The second kappa shape index (κ2) is 7.76. The predicted octanol–water partition coefficient (Wildman–Crippen LogP) is 4.81. The van der Waals surface area contributed by atoms with Gasteiger partial charge in [-0.25, -0.2) is 4.79 Å². The number of halogens is 5. The fourth-order valence-corrected chi connectivity index (χ4v) is 2.23. The van der Waals surface area contributed by atoms with Gasteiger partial charge in [-0.15, -0.1) is 0 Å². The smallest absolute Gasteiger partial charge is 0.417 e. The van der Waals surface area contributed by atoms with Gasteiger partial charge in [-0.1, -0.05) is 35.3 Å². The molecular formula is C16H10Cl2F3NO3. The molecule has 9 heteroatoms. The number of benzene rings is 2. The molecule has 2 rings (SSSR count). The van der Waals surface area contributed by atoms with Crippen LogP contribution in [0.15, 0.2) is 42.5 Å². The highest BCUT2D eigenvalue weighted by Gasteiger charge is 2.35. The minimum absolute atomic E-state index is 0.186. The van der Waals surface area contributed by atoms with E-state index in [9.17, 15) is 22.8 Å². The van der Waals surface area contributed by atoms with Crippen LogP contribution >= 0.6 is 23.2 Å². The van der Waals surface area contributed by atoms with E-state index in [1.54, 1.807) is 0 Å². The number of amides is 1. The highest BCUT2D eigenvalue weighted by atomic mass is 35.5. The van der Waals surface area contributed by atoms with Crippen LogP contribution in [0.2, 0.25) is 10.0 Å². The van der Waals surface area contributed by atoms with Crippen LogP contribution < -0.4 is 5.32 Å². The van der Waals surface area contributed by atoms with Gasteiger partial charge in [0.15, 0.2) is 6.61 Å². The summed E-state index contributed by atoms with van der Waals surface area (Å²) in [5.74, 6) is -2.04. The van der Waals surface area contributed by atoms with Crippen LogP contribution in [-0.2, 0) is 15.7 Å². The first-order valence-corrected chi connectivity index (χ1v) is 7.52. The molecule has 1 amide bonds. The quantitative estimate of drug-likeness (QED) is 0.761. The molecule has 0 atom stereocenters. The third kappa shape index (κ3) is 5.11. The average Bonchev–Trinajstić information content (AvgIpc) is 2.55. The number of anilines is 1. The van der Waals surface area contributed by atoms with Crippen molar-refractivity contribution in [1.29, 1.82) is 0 Å². The molecule has 0 fully saturated rings. The molecule has 0 aliphatic carbocycles. The zero-order valence-corrected chi connectivity index (χ0v) is 13.9. The number of nitrogens with one attached hydrogen (secondary N) is 1. The number of carbonyl (C=O) groups is 2. The van der Waals surface area contributed by atoms with Gasteiger partial charge < -0.3 is 10.1 Å². The second-order valence-corrected chi connectivity index (χ2v) is 5.64. The van der Waals surface area contributed by atoms with Crippen LogP contribution in [0.4, 0.5) is 18.9 Å². The Morgan fingerprint density at radius 3 is 2.44 bits per heavy atom. The van der Waals surface area contributed by atoms with Crippen molar-refractivity contribution in [2.45, 2.75) is 6.18 Å². The molecule has 0 saturated carbocycles. The molecule has 4 nitrogen and oxygen atoms in total. The van der Waals surface area contributed by atoms with Gasteiger partial charge in [-0.2, -0.15) is 13.2 Å². The standard InChI is InChI=1S/C16H10Cl2F3NO3/c17-9-5-6-12(18)13(7-9)22-14(23)8-25-15(24)10-3-1-2-4-11(10)16(19,20)21/h1-7H,8H2,(H,22,23). The van der Waals surface area contributed by atoms with E-state index < -0.39 is 35.8 Å². The van der Waals surface area contributed by atoms with Gasteiger partial charge in [-0.05, 0) is 30.3 Å². The molecule has 25 heavy (non-hydrogen) atoms. The van der Waals surface area contributed by atoms with Crippen molar-refractivity contribution in [2.75, 3.05) is 11.9 Å². The summed E-state index contributed by atoms with van der Waals surface area (Å²) >= 11 is 11.6. The first-order chi connectivity index (χ1) is 11.7. The summed E-state index contributed by atoms with van der Waals surface area (Å²) in [5.41, 5.74) is -1.63. The monoisotopic (exact) mass is 391 g/mol. The van der Waals surface area contributed by atoms with Gasteiger partial charge in [0, 0.05) is 5.02 Å². The van der Waals surface area contributed by atoms with E-state index in [1.165, 1.54) is 24.3 Å². The molecular weight excluding hydrogens is 382 g/mol. The fraction of sp³-hybridized carbons (Fsp3) is 0.125. The topological polar surface area (TPSA) is 55.4 Å². The minimum atomic E-state index is -4.72. The summed E-state index contributed by atoms with van der Waals surface area (Å²) in [5, 5.41) is 2.86. The lowest BCUT2D eigenvalue weighted by Gasteiger charge is -2.12. The molecule has 0 spiro atoms. The maximum absolute atomic E-state index is 12.9. The summed E-state index contributed by atoms with van der Waals surface area (Å²) in [6.45, 7) is -0.784. The Balaban J connectivity index is 2.03. The van der Waals surface area contributed by atoms with Gasteiger partial charge in [0.1, 0.15) is 0 Å². The minimum Gasteiger partial charge on any atom is -0.452 e. The van der Waals surface area contributed by atoms with Gasteiger partial charge in [0.05, 0.1) is 21.8 Å². The Bertz CT molecular complexity index is 809. The lowest BCUT2D eigenvalue weighted by Crippen LogP contribution is -2.22. The number of ether oxygens (including phenoxy) is 1. The third-order valence-corrected chi connectivity index (χ3v) is 3.55. The lowest BCUT2D eigenvalue weighted by molar-refractivity contribution is -0.138. The zero-order valence-electron chi connectivity index (χ0n) is 12.4. The van der Waals surface area contributed by atoms with Crippen LogP contribution in [-0.4, -0.2) is 18.5 Å². The number of esters is 1. The number of alkyl halides is 3. The number of carbonyl (C=O) groups excluding carboxylic acids is 2. The predicted molar refractivity (Wildman–Crippen MR) is 86.8 cm³/mol. The van der Waals surface area contributed by atoms with Crippen LogP contribution in [0.5, 0.6) is 0 Å². The largest absolute Gasteiger partial charge is 0.452 e. The molecule has 0 saturated heterocycles. The average molecular weight is 392 g/mol. The molecule has 0 aliphatic rings. The van der Waals surface area contributed by atoms with Crippen molar-refractivity contribution >= 4 is 40.8 Å². The van der Waals surface area contributed by atoms with Gasteiger partial charge in [-0.3, -0.25) is 4.79 Å². The summed E-state index contributed by atoms with van der Waals surface area (Å²) in [6.07, 6.45) is -4.72. The van der Waals surface area contributed by atoms with Crippen molar-refractivity contribution in [3.05, 3.63) is 63.6 Å². The van der Waals surface area contributed by atoms with E-state index in [0.717, 1.165) is 18.2 Å². The van der Waals surface area contributed by atoms with E-state index in [2.05, 4.69) is 10.1 Å². The summed E-state index contributed by atoms with van der Waals surface area (Å²) < 4.78 is 43.2. The SMILES string of the molecule is O=C(COC(=O)c1ccccc1C(F)(F)F)Nc1cc(Cl)ccc1Cl. The van der Waals surface area contributed by atoms with Crippen molar-refractivity contribution < 1.29 is 27.5 Å². The number of rotatable bonds is 4. The molecule has 0 heterocycles. The number of hydrogen-bond donors (Lipinski definition) is 1. The van der Waals surface area contributed by atoms with E-state index >= 15 is 0 Å². The molecule has 132 valence electrons. The molecule has 1 N–H and O–H groups in total. The maximum atomic E-state index is 12.9. The van der Waals surface area contributed by atoms with Crippen molar-refractivity contribution in [1.82, 2.24) is 0 Å². The Labute approximate surface area is 150 Å². The summed E-state index contributed by atoms with van der Waals surface area (Å²) in [6, 6.07) is 8.46. The van der Waals surface area contributed by atoms with Gasteiger partial charge in [0.25, 0.3) is 5.91 Å². The summed E-state index contributed by atoms with van der Waals surface area (Å²) in [7, 11) is 0.